The van der Waals surface area contributed by atoms with Gasteiger partial charge in [0.05, 0.1) is 6.61 Å². The van der Waals surface area contributed by atoms with Crippen molar-refractivity contribution in [1.82, 2.24) is 0 Å². The van der Waals surface area contributed by atoms with Crippen molar-refractivity contribution in [3.63, 3.8) is 0 Å². The molecule has 0 aliphatic rings. The van der Waals surface area contributed by atoms with Crippen LogP contribution in [0.25, 0.3) is 0 Å². The number of carbonyl (C=O) groups is 1. The highest BCUT2D eigenvalue weighted by molar-refractivity contribution is 9.10. The molecule has 1 unspecified atom stereocenters. The first-order valence-electron chi connectivity index (χ1n) is 5.88. The molecule has 1 rings (SSSR count). The van der Waals surface area contributed by atoms with Crippen molar-refractivity contribution in [2.75, 3.05) is 12.4 Å². The van der Waals surface area contributed by atoms with Gasteiger partial charge in [-0.3, -0.25) is 4.79 Å². The maximum absolute atomic E-state index is 11.3. The third-order valence-corrected chi connectivity index (χ3v) is 3.88. The minimum absolute atomic E-state index is 0.305. The third-order valence-electron chi connectivity index (χ3n) is 2.32. The van der Waals surface area contributed by atoms with Gasteiger partial charge in [-0.05, 0) is 36.8 Å². The lowest BCUT2D eigenvalue weighted by Gasteiger charge is -2.10. The van der Waals surface area contributed by atoms with Gasteiger partial charge in [-0.1, -0.05) is 28.1 Å². The van der Waals surface area contributed by atoms with Crippen molar-refractivity contribution in [3.05, 3.63) is 34.3 Å². The van der Waals surface area contributed by atoms with E-state index < -0.39 is 6.04 Å². The van der Waals surface area contributed by atoms with Gasteiger partial charge in [0, 0.05) is 10.2 Å². The van der Waals surface area contributed by atoms with Crippen molar-refractivity contribution < 1.29 is 9.53 Å². The lowest BCUT2D eigenvalue weighted by molar-refractivity contribution is -0.144. The fourth-order valence-electron chi connectivity index (χ4n) is 1.39. The normalized spacial score (nSPS) is 12.2. The van der Waals surface area contributed by atoms with Crippen LogP contribution in [-0.4, -0.2) is 24.4 Å². The number of nitrogens with two attached hydrogens (primary N) is 1. The Labute approximate surface area is 121 Å². The lowest BCUT2D eigenvalue weighted by Crippen LogP contribution is -2.32. The molecule has 0 spiro atoms. The second-order valence-corrected chi connectivity index (χ2v) is 5.85. The van der Waals surface area contributed by atoms with E-state index in [4.69, 9.17) is 10.5 Å². The van der Waals surface area contributed by atoms with E-state index in [1.807, 2.05) is 12.1 Å². The fourth-order valence-corrected chi connectivity index (χ4v) is 2.82. The number of ether oxygens (including phenoxy) is 1. The van der Waals surface area contributed by atoms with E-state index in [-0.39, 0.29) is 5.97 Å². The topological polar surface area (TPSA) is 52.3 Å². The maximum Gasteiger partial charge on any atom is 0.322 e. The number of carbonyl (C=O) groups excluding carboxylic acids is 1. The Morgan fingerprint density at radius 1 is 1.56 bits per heavy atom. The molecule has 0 amide bonds. The molecule has 100 valence electrons. The number of hydrogen-bond donors (Lipinski definition) is 1. The standard InChI is InChI=1S/C13H18BrNO2S/c1-2-17-13(16)12(15)6-7-18-9-10-4-3-5-11(14)8-10/h3-5,8,12H,2,6-7,9,15H2,1H3. The van der Waals surface area contributed by atoms with Crippen molar-refractivity contribution in [2.45, 2.75) is 25.1 Å². The van der Waals surface area contributed by atoms with E-state index in [1.165, 1.54) is 5.56 Å². The number of thioether (sulfide) groups is 1. The largest absolute Gasteiger partial charge is 0.465 e. The third kappa shape index (κ3) is 5.89. The van der Waals surface area contributed by atoms with Gasteiger partial charge in [0.2, 0.25) is 0 Å². The van der Waals surface area contributed by atoms with Crippen molar-refractivity contribution >= 4 is 33.7 Å². The van der Waals surface area contributed by atoms with Gasteiger partial charge in [0.25, 0.3) is 0 Å². The van der Waals surface area contributed by atoms with Crippen molar-refractivity contribution in [2.24, 2.45) is 5.73 Å². The molecular weight excluding hydrogens is 314 g/mol. The van der Waals surface area contributed by atoms with Crippen LogP contribution >= 0.6 is 27.7 Å². The Balaban J connectivity index is 2.20. The predicted molar refractivity (Wildman–Crippen MR) is 79.5 cm³/mol. The van der Waals surface area contributed by atoms with Crippen molar-refractivity contribution in [3.8, 4) is 0 Å². The minimum atomic E-state index is -0.500. The van der Waals surface area contributed by atoms with Crippen LogP contribution in [-0.2, 0) is 15.3 Å². The zero-order valence-corrected chi connectivity index (χ0v) is 12.8. The summed E-state index contributed by atoms with van der Waals surface area (Å²) in [6.45, 7) is 2.17. The van der Waals surface area contributed by atoms with E-state index in [0.29, 0.717) is 13.0 Å². The Hall–Kier alpha value is -0.520. The Morgan fingerprint density at radius 3 is 3.00 bits per heavy atom. The number of hydrogen-bond acceptors (Lipinski definition) is 4. The summed E-state index contributed by atoms with van der Waals surface area (Å²) < 4.78 is 5.94. The second-order valence-electron chi connectivity index (χ2n) is 3.83. The lowest BCUT2D eigenvalue weighted by atomic mass is 10.2. The zero-order chi connectivity index (χ0) is 13.4. The summed E-state index contributed by atoms with van der Waals surface area (Å²) in [5.41, 5.74) is 6.97. The van der Waals surface area contributed by atoms with Gasteiger partial charge < -0.3 is 10.5 Å². The van der Waals surface area contributed by atoms with E-state index in [0.717, 1.165) is 16.0 Å². The van der Waals surface area contributed by atoms with Crippen LogP contribution in [0.5, 0.6) is 0 Å². The summed E-state index contributed by atoms with van der Waals surface area (Å²) in [5, 5.41) is 0. The Morgan fingerprint density at radius 2 is 2.33 bits per heavy atom. The highest BCUT2D eigenvalue weighted by Crippen LogP contribution is 2.17. The van der Waals surface area contributed by atoms with Crippen LogP contribution in [0.3, 0.4) is 0 Å². The molecule has 0 aliphatic heterocycles. The number of halogens is 1. The summed E-state index contributed by atoms with van der Waals surface area (Å²) in [5.74, 6) is 1.47. The summed E-state index contributed by atoms with van der Waals surface area (Å²) in [6.07, 6.45) is 0.650. The second kappa shape index (κ2) is 8.56. The van der Waals surface area contributed by atoms with Crippen LogP contribution in [0.2, 0.25) is 0 Å². The predicted octanol–water partition coefficient (Wildman–Crippen LogP) is 2.96. The molecule has 2 N–H and O–H groups in total. The molecule has 18 heavy (non-hydrogen) atoms. The van der Waals surface area contributed by atoms with Crippen LogP contribution in [0, 0.1) is 0 Å². The number of esters is 1. The molecule has 0 aliphatic carbocycles. The Bertz CT molecular complexity index is 387. The van der Waals surface area contributed by atoms with E-state index in [1.54, 1.807) is 18.7 Å². The van der Waals surface area contributed by atoms with Crippen LogP contribution < -0.4 is 5.73 Å². The number of rotatable bonds is 7. The zero-order valence-electron chi connectivity index (χ0n) is 10.4. The highest BCUT2D eigenvalue weighted by atomic mass is 79.9. The molecule has 0 heterocycles. The summed E-state index contributed by atoms with van der Waals surface area (Å²) in [7, 11) is 0. The van der Waals surface area contributed by atoms with E-state index in [2.05, 4.69) is 28.1 Å². The SMILES string of the molecule is CCOC(=O)C(N)CCSCc1cccc(Br)c1. The maximum atomic E-state index is 11.3. The average molecular weight is 332 g/mol. The molecule has 0 fully saturated rings. The van der Waals surface area contributed by atoms with Gasteiger partial charge in [-0.2, -0.15) is 11.8 Å². The molecule has 0 saturated heterocycles. The van der Waals surface area contributed by atoms with Crippen LogP contribution in [0.1, 0.15) is 18.9 Å². The first kappa shape index (κ1) is 15.5. The quantitative estimate of drug-likeness (QED) is 0.616. The highest BCUT2D eigenvalue weighted by Gasteiger charge is 2.13. The first-order chi connectivity index (χ1) is 8.63. The van der Waals surface area contributed by atoms with E-state index in [9.17, 15) is 4.79 Å². The Kier molecular flexibility index (Phi) is 7.39. The molecule has 3 nitrogen and oxygen atoms in total. The molecule has 5 heteroatoms. The fraction of sp³-hybridized carbons (Fsp3) is 0.462. The van der Waals surface area contributed by atoms with E-state index >= 15 is 0 Å². The first-order valence-corrected chi connectivity index (χ1v) is 7.82. The molecule has 1 aromatic rings. The molecule has 1 aromatic carbocycles. The molecule has 0 saturated carbocycles. The van der Waals surface area contributed by atoms with Gasteiger partial charge in [0.15, 0.2) is 0 Å². The van der Waals surface area contributed by atoms with Gasteiger partial charge >= 0.3 is 5.97 Å². The van der Waals surface area contributed by atoms with Crippen molar-refractivity contribution in [1.29, 1.82) is 0 Å². The number of benzene rings is 1. The monoisotopic (exact) mass is 331 g/mol. The smallest absolute Gasteiger partial charge is 0.322 e. The average Bonchev–Trinajstić information content (AvgIpc) is 2.35. The van der Waals surface area contributed by atoms with Gasteiger partial charge in [-0.25, -0.2) is 0 Å². The van der Waals surface area contributed by atoms with Crippen LogP contribution in [0.15, 0.2) is 28.7 Å². The molecule has 0 bridgehead atoms. The van der Waals surface area contributed by atoms with Crippen LogP contribution in [0.4, 0.5) is 0 Å². The summed E-state index contributed by atoms with van der Waals surface area (Å²) in [4.78, 5) is 11.3. The molecular formula is C13H18BrNO2S. The summed E-state index contributed by atoms with van der Waals surface area (Å²) in [6, 6.07) is 7.70. The minimum Gasteiger partial charge on any atom is -0.465 e. The molecule has 1 atom stereocenters. The molecule has 0 aromatic heterocycles. The van der Waals surface area contributed by atoms with Gasteiger partial charge in [0.1, 0.15) is 6.04 Å². The summed E-state index contributed by atoms with van der Waals surface area (Å²) >= 11 is 5.21. The van der Waals surface area contributed by atoms with Gasteiger partial charge in [-0.15, -0.1) is 0 Å². The molecule has 0 radical (unpaired) electrons.